The van der Waals surface area contributed by atoms with Gasteiger partial charge in [-0.05, 0) is 31.7 Å². The fourth-order valence-electron chi connectivity index (χ4n) is 1.86. The molecule has 0 N–H and O–H groups in total. The molecule has 15 heavy (non-hydrogen) atoms. The Morgan fingerprint density at radius 3 is 2.60 bits per heavy atom. The summed E-state index contributed by atoms with van der Waals surface area (Å²) in [6.45, 7) is 6.69. The summed E-state index contributed by atoms with van der Waals surface area (Å²) in [5.74, 6) is 0.624. The first kappa shape index (κ1) is 12.5. The van der Waals surface area contributed by atoms with E-state index in [0.717, 1.165) is 25.6 Å². The van der Waals surface area contributed by atoms with E-state index >= 15 is 0 Å². The summed E-state index contributed by atoms with van der Waals surface area (Å²) in [4.78, 5) is 13.5. The standard InChI is InChI=1S/C12H23NO2/c1-10(2)9-13(11-6-7-11)8-4-5-12(14)15-3/h10-11H,4-9H2,1-3H3. The lowest BCUT2D eigenvalue weighted by molar-refractivity contribution is -0.140. The van der Waals surface area contributed by atoms with Crippen LogP contribution in [0.5, 0.6) is 0 Å². The molecule has 1 aliphatic rings. The van der Waals surface area contributed by atoms with Crippen molar-refractivity contribution in [2.45, 2.75) is 45.6 Å². The second kappa shape index (κ2) is 6.11. The number of hydrogen-bond acceptors (Lipinski definition) is 3. The smallest absolute Gasteiger partial charge is 0.305 e. The van der Waals surface area contributed by atoms with Crippen LogP contribution in [-0.2, 0) is 9.53 Å². The van der Waals surface area contributed by atoms with E-state index in [-0.39, 0.29) is 5.97 Å². The van der Waals surface area contributed by atoms with Crippen molar-refractivity contribution in [3.63, 3.8) is 0 Å². The molecule has 0 saturated heterocycles. The van der Waals surface area contributed by atoms with Crippen molar-refractivity contribution in [3.05, 3.63) is 0 Å². The molecular weight excluding hydrogens is 190 g/mol. The Balaban J connectivity index is 2.17. The number of ether oxygens (including phenoxy) is 1. The Kier molecular flexibility index (Phi) is 5.09. The molecule has 1 fully saturated rings. The second-order valence-electron chi connectivity index (χ2n) is 4.80. The normalized spacial score (nSPS) is 16.1. The maximum Gasteiger partial charge on any atom is 0.305 e. The van der Waals surface area contributed by atoms with Gasteiger partial charge in [0.05, 0.1) is 7.11 Å². The van der Waals surface area contributed by atoms with Crippen LogP contribution in [0.4, 0.5) is 0 Å². The zero-order valence-corrected chi connectivity index (χ0v) is 10.2. The average Bonchev–Trinajstić information content (AvgIpc) is 2.98. The van der Waals surface area contributed by atoms with E-state index in [1.54, 1.807) is 0 Å². The molecule has 0 aromatic rings. The third-order valence-corrected chi connectivity index (χ3v) is 2.72. The summed E-state index contributed by atoms with van der Waals surface area (Å²) in [5, 5.41) is 0. The van der Waals surface area contributed by atoms with Gasteiger partial charge in [0.15, 0.2) is 0 Å². The number of carbonyl (C=O) groups excluding carboxylic acids is 1. The Morgan fingerprint density at radius 1 is 1.47 bits per heavy atom. The van der Waals surface area contributed by atoms with Crippen LogP contribution in [0.1, 0.15) is 39.5 Å². The molecule has 3 heteroatoms. The first-order chi connectivity index (χ1) is 7.13. The molecule has 0 aromatic heterocycles. The van der Waals surface area contributed by atoms with E-state index in [4.69, 9.17) is 0 Å². The predicted molar refractivity (Wildman–Crippen MR) is 60.7 cm³/mol. The van der Waals surface area contributed by atoms with Crippen molar-refractivity contribution >= 4 is 5.97 Å². The molecule has 0 aromatic carbocycles. The molecule has 0 bridgehead atoms. The van der Waals surface area contributed by atoms with E-state index in [9.17, 15) is 4.79 Å². The summed E-state index contributed by atoms with van der Waals surface area (Å²) in [7, 11) is 1.45. The highest BCUT2D eigenvalue weighted by Gasteiger charge is 2.28. The molecule has 0 atom stereocenters. The molecule has 88 valence electrons. The molecular formula is C12H23NO2. The molecule has 0 amide bonds. The SMILES string of the molecule is COC(=O)CCCN(CC(C)C)C1CC1. The number of hydrogen-bond donors (Lipinski definition) is 0. The Labute approximate surface area is 92.8 Å². The van der Waals surface area contributed by atoms with Gasteiger partial charge in [0.25, 0.3) is 0 Å². The number of esters is 1. The van der Waals surface area contributed by atoms with Crippen LogP contribution in [0.3, 0.4) is 0 Å². The first-order valence-corrected chi connectivity index (χ1v) is 5.94. The van der Waals surface area contributed by atoms with Crippen molar-refractivity contribution in [3.8, 4) is 0 Å². The zero-order chi connectivity index (χ0) is 11.3. The second-order valence-corrected chi connectivity index (χ2v) is 4.80. The lowest BCUT2D eigenvalue weighted by Crippen LogP contribution is -2.31. The molecule has 0 aliphatic heterocycles. The van der Waals surface area contributed by atoms with E-state index in [0.29, 0.717) is 12.3 Å². The molecule has 0 unspecified atom stereocenters. The van der Waals surface area contributed by atoms with Gasteiger partial charge >= 0.3 is 5.97 Å². The maximum atomic E-state index is 11.0. The van der Waals surface area contributed by atoms with Crippen molar-refractivity contribution in [1.29, 1.82) is 0 Å². The van der Waals surface area contributed by atoms with Crippen molar-refractivity contribution in [1.82, 2.24) is 4.90 Å². The molecule has 0 radical (unpaired) electrons. The average molecular weight is 213 g/mol. The topological polar surface area (TPSA) is 29.5 Å². The minimum atomic E-state index is -0.0877. The first-order valence-electron chi connectivity index (χ1n) is 5.94. The maximum absolute atomic E-state index is 11.0. The lowest BCUT2D eigenvalue weighted by atomic mass is 10.2. The van der Waals surface area contributed by atoms with E-state index in [1.165, 1.54) is 20.0 Å². The van der Waals surface area contributed by atoms with Crippen LogP contribution < -0.4 is 0 Å². The van der Waals surface area contributed by atoms with Crippen molar-refractivity contribution in [2.75, 3.05) is 20.2 Å². The van der Waals surface area contributed by atoms with E-state index in [1.807, 2.05) is 0 Å². The highest BCUT2D eigenvalue weighted by atomic mass is 16.5. The lowest BCUT2D eigenvalue weighted by Gasteiger charge is -2.23. The van der Waals surface area contributed by atoms with Crippen LogP contribution in [0.25, 0.3) is 0 Å². The zero-order valence-electron chi connectivity index (χ0n) is 10.2. The van der Waals surface area contributed by atoms with Gasteiger partial charge in [-0.3, -0.25) is 4.79 Å². The number of methoxy groups -OCH3 is 1. The molecule has 1 aliphatic carbocycles. The van der Waals surface area contributed by atoms with E-state index < -0.39 is 0 Å². The summed E-state index contributed by atoms with van der Waals surface area (Å²) in [6.07, 6.45) is 4.16. The van der Waals surface area contributed by atoms with Gasteiger partial charge in [0, 0.05) is 19.0 Å². The van der Waals surface area contributed by atoms with Gasteiger partial charge in [0.1, 0.15) is 0 Å². The third-order valence-electron chi connectivity index (χ3n) is 2.72. The van der Waals surface area contributed by atoms with Crippen molar-refractivity contribution < 1.29 is 9.53 Å². The highest BCUT2D eigenvalue weighted by Crippen LogP contribution is 2.27. The Bertz CT molecular complexity index is 200. The number of nitrogens with zero attached hydrogens (tertiary/aromatic N) is 1. The number of carbonyl (C=O) groups is 1. The minimum absolute atomic E-state index is 0.0877. The Hall–Kier alpha value is -0.570. The van der Waals surface area contributed by atoms with Crippen molar-refractivity contribution in [2.24, 2.45) is 5.92 Å². The summed E-state index contributed by atoms with van der Waals surface area (Å²) >= 11 is 0. The molecule has 1 saturated carbocycles. The quantitative estimate of drug-likeness (QED) is 0.606. The predicted octanol–water partition coefficient (Wildman–Crippen LogP) is 2.06. The minimum Gasteiger partial charge on any atom is -0.469 e. The molecule has 0 heterocycles. The van der Waals surface area contributed by atoms with Crippen LogP contribution >= 0.6 is 0 Å². The van der Waals surface area contributed by atoms with Gasteiger partial charge in [-0.15, -0.1) is 0 Å². The van der Waals surface area contributed by atoms with Crippen LogP contribution in [0.15, 0.2) is 0 Å². The van der Waals surface area contributed by atoms with Gasteiger partial charge < -0.3 is 9.64 Å². The van der Waals surface area contributed by atoms with Gasteiger partial charge in [-0.25, -0.2) is 0 Å². The summed E-state index contributed by atoms with van der Waals surface area (Å²) in [6, 6.07) is 0.796. The number of rotatable bonds is 7. The fourth-order valence-corrected chi connectivity index (χ4v) is 1.86. The Morgan fingerprint density at radius 2 is 2.13 bits per heavy atom. The van der Waals surface area contributed by atoms with Gasteiger partial charge in [0.2, 0.25) is 0 Å². The molecule has 1 rings (SSSR count). The monoisotopic (exact) mass is 213 g/mol. The van der Waals surface area contributed by atoms with Gasteiger partial charge in [-0.2, -0.15) is 0 Å². The van der Waals surface area contributed by atoms with Gasteiger partial charge in [-0.1, -0.05) is 13.8 Å². The third kappa shape index (κ3) is 5.17. The highest BCUT2D eigenvalue weighted by molar-refractivity contribution is 5.69. The van der Waals surface area contributed by atoms with Crippen LogP contribution in [0, 0.1) is 5.92 Å². The summed E-state index contributed by atoms with van der Waals surface area (Å²) in [5.41, 5.74) is 0. The molecule has 0 spiro atoms. The summed E-state index contributed by atoms with van der Waals surface area (Å²) < 4.78 is 4.63. The van der Waals surface area contributed by atoms with E-state index in [2.05, 4.69) is 23.5 Å². The molecule has 3 nitrogen and oxygen atoms in total. The van der Waals surface area contributed by atoms with Crippen LogP contribution in [0.2, 0.25) is 0 Å². The fraction of sp³-hybridized carbons (Fsp3) is 0.917. The van der Waals surface area contributed by atoms with Crippen LogP contribution in [-0.4, -0.2) is 37.1 Å². The largest absolute Gasteiger partial charge is 0.469 e.